The Labute approximate surface area is 129 Å². The van der Waals surface area contributed by atoms with Crippen molar-refractivity contribution >= 4 is 30.9 Å². The van der Waals surface area contributed by atoms with Gasteiger partial charge in [-0.15, -0.1) is 0 Å². The van der Waals surface area contributed by atoms with Crippen LogP contribution in [-0.4, -0.2) is 72.6 Å². The molecule has 0 heterocycles. The average Bonchev–Trinajstić information content (AvgIpc) is 2.51. The van der Waals surface area contributed by atoms with Crippen LogP contribution in [0.25, 0.3) is 0 Å². The van der Waals surface area contributed by atoms with E-state index < -0.39 is 37.0 Å². The standard InChI is InChI=1S/C12H18N2O8/c1-21-11(19)13(7-15)6-4-3-5-9(10(17)18)14(8-16)12(20)22-2/h7-9H,3-6H2,1-2H3,(H,17,18)/i7D,8D. The summed E-state index contributed by atoms with van der Waals surface area (Å²) in [6.07, 6.45) is -5.16. The lowest BCUT2D eigenvalue weighted by atomic mass is 10.1. The smallest absolute Gasteiger partial charge is 0.416 e. The van der Waals surface area contributed by atoms with Gasteiger partial charge in [-0.1, -0.05) is 0 Å². The molecule has 1 N–H and O–H groups in total. The molecule has 0 radical (unpaired) electrons. The predicted octanol–water partition coefficient (Wildman–Crippen LogP) is 0.0595. The van der Waals surface area contributed by atoms with Crippen molar-refractivity contribution in [2.45, 2.75) is 25.3 Å². The molecule has 0 saturated carbocycles. The molecule has 10 nitrogen and oxygen atoms in total. The van der Waals surface area contributed by atoms with Crippen LogP contribution in [0.15, 0.2) is 0 Å². The predicted molar refractivity (Wildman–Crippen MR) is 70.8 cm³/mol. The van der Waals surface area contributed by atoms with Gasteiger partial charge in [0, 0.05) is 6.54 Å². The number of carbonyl (C=O) groups is 5. The molecule has 124 valence electrons. The number of carbonyl (C=O) groups excluding carboxylic acids is 4. The molecule has 0 aliphatic carbocycles. The van der Waals surface area contributed by atoms with E-state index >= 15 is 0 Å². The molecular weight excluding hydrogens is 300 g/mol. The number of unbranched alkanes of at least 4 members (excludes halogenated alkanes) is 1. The lowest BCUT2D eigenvalue weighted by molar-refractivity contribution is -0.145. The van der Waals surface area contributed by atoms with Crippen molar-refractivity contribution < 1.29 is 41.3 Å². The third kappa shape index (κ3) is 5.77. The molecule has 10 heteroatoms. The zero-order chi connectivity index (χ0) is 18.9. The Hall–Kier alpha value is -2.65. The highest BCUT2D eigenvalue weighted by Crippen LogP contribution is 2.10. The first-order valence-corrected chi connectivity index (χ1v) is 6.13. The summed E-state index contributed by atoms with van der Waals surface area (Å²) >= 11 is 0. The number of nitrogens with zero attached hydrogens (tertiary/aromatic N) is 2. The summed E-state index contributed by atoms with van der Waals surface area (Å²) in [6, 6.07) is -1.62. The van der Waals surface area contributed by atoms with Crippen LogP contribution in [0.3, 0.4) is 0 Å². The molecule has 0 aromatic heterocycles. The Morgan fingerprint density at radius 2 is 1.73 bits per heavy atom. The van der Waals surface area contributed by atoms with Crippen LogP contribution in [-0.2, 0) is 23.9 Å². The second kappa shape index (κ2) is 10.1. The van der Waals surface area contributed by atoms with E-state index in [9.17, 15) is 24.0 Å². The van der Waals surface area contributed by atoms with Gasteiger partial charge in [-0.3, -0.25) is 14.5 Å². The number of imide groups is 2. The summed E-state index contributed by atoms with van der Waals surface area (Å²) in [5, 5.41) is 9.11. The number of methoxy groups -OCH3 is 2. The number of rotatable bonds is 7. The highest BCUT2D eigenvalue weighted by atomic mass is 16.5. The molecule has 1 atom stereocenters. The Morgan fingerprint density at radius 3 is 2.14 bits per heavy atom. The zero-order valence-electron chi connectivity index (χ0n) is 14.1. The van der Waals surface area contributed by atoms with Crippen molar-refractivity contribution in [2.24, 2.45) is 0 Å². The van der Waals surface area contributed by atoms with E-state index in [0.29, 0.717) is 4.90 Å². The molecule has 0 aromatic rings. The number of ether oxygens (including phenoxy) is 2. The first kappa shape index (κ1) is 15.7. The Bertz CT molecular complexity index is 513. The van der Waals surface area contributed by atoms with Crippen LogP contribution >= 0.6 is 0 Å². The van der Waals surface area contributed by atoms with Gasteiger partial charge in [0.15, 0.2) is 0 Å². The van der Waals surface area contributed by atoms with Gasteiger partial charge in [0.2, 0.25) is 12.8 Å². The van der Waals surface area contributed by atoms with E-state index in [1.54, 1.807) is 0 Å². The normalized spacial score (nSPS) is 12.3. The van der Waals surface area contributed by atoms with Gasteiger partial charge in [0.05, 0.1) is 14.2 Å². The molecule has 0 rings (SSSR count). The van der Waals surface area contributed by atoms with Crippen molar-refractivity contribution in [3.8, 4) is 0 Å². The third-order valence-electron chi connectivity index (χ3n) is 2.68. The van der Waals surface area contributed by atoms with E-state index in [0.717, 1.165) is 14.2 Å². The van der Waals surface area contributed by atoms with Gasteiger partial charge in [-0.05, 0) is 19.3 Å². The number of carboxylic acids is 1. The molecule has 1 unspecified atom stereocenters. The van der Waals surface area contributed by atoms with E-state index in [4.69, 9.17) is 7.85 Å². The number of amides is 4. The van der Waals surface area contributed by atoms with Gasteiger partial charge in [0.1, 0.15) is 8.78 Å². The molecule has 4 amide bonds. The van der Waals surface area contributed by atoms with Crippen LogP contribution in [0.4, 0.5) is 9.59 Å². The van der Waals surface area contributed by atoms with Gasteiger partial charge in [0.25, 0.3) is 0 Å². The topological polar surface area (TPSA) is 131 Å². The molecular formula is C12H18N2O8. The maximum Gasteiger partial charge on any atom is 0.416 e. The van der Waals surface area contributed by atoms with E-state index in [-0.39, 0.29) is 30.7 Å². The largest absolute Gasteiger partial charge is 0.480 e. The summed E-state index contributed by atoms with van der Waals surface area (Å²) in [5.74, 6) is -1.51. The Balaban J connectivity index is 4.79. The maximum absolute atomic E-state index is 11.4. The zero-order valence-corrected chi connectivity index (χ0v) is 12.1. The molecule has 0 saturated heterocycles. The summed E-state index contributed by atoms with van der Waals surface area (Å²) < 4.78 is 22.5. The molecule has 0 spiro atoms. The SMILES string of the molecule is [2H]C(=O)N(CCCCC(C(=O)O)N(C([2H])=O)C(=O)OC)C(=O)OC. The van der Waals surface area contributed by atoms with E-state index in [1.807, 2.05) is 0 Å². The summed E-state index contributed by atoms with van der Waals surface area (Å²) in [6.45, 7) is -0.200. The third-order valence-corrected chi connectivity index (χ3v) is 2.68. The summed E-state index contributed by atoms with van der Waals surface area (Å²) in [5.41, 5.74) is 0. The van der Waals surface area contributed by atoms with Gasteiger partial charge in [-0.25, -0.2) is 19.3 Å². The quantitative estimate of drug-likeness (QED) is 0.514. The van der Waals surface area contributed by atoms with Crippen LogP contribution in [0, 0.1) is 0 Å². The fraction of sp³-hybridized carbons (Fsp3) is 0.583. The Morgan fingerprint density at radius 1 is 1.14 bits per heavy atom. The molecule has 0 aromatic carbocycles. The molecule has 0 aliphatic heterocycles. The minimum absolute atomic E-state index is 0.0819. The number of carboxylic acid groups (broad SMARTS) is 1. The van der Waals surface area contributed by atoms with Crippen LogP contribution in [0.2, 0.25) is 0 Å². The molecule has 0 aliphatic rings. The monoisotopic (exact) mass is 320 g/mol. The second-order valence-electron chi connectivity index (χ2n) is 3.99. The lowest BCUT2D eigenvalue weighted by Gasteiger charge is -2.22. The second-order valence-corrected chi connectivity index (χ2v) is 3.99. The average molecular weight is 320 g/mol. The first-order chi connectivity index (χ1) is 11.2. The van der Waals surface area contributed by atoms with Crippen molar-refractivity contribution in [2.75, 3.05) is 20.8 Å². The van der Waals surface area contributed by atoms with Crippen molar-refractivity contribution in [3.63, 3.8) is 0 Å². The fourth-order valence-corrected chi connectivity index (χ4v) is 1.58. The van der Waals surface area contributed by atoms with Crippen molar-refractivity contribution in [1.29, 1.82) is 0 Å². The fourth-order valence-electron chi connectivity index (χ4n) is 1.58. The number of hydrogen-bond acceptors (Lipinski definition) is 7. The molecule has 22 heavy (non-hydrogen) atoms. The van der Waals surface area contributed by atoms with Gasteiger partial charge < -0.3 is 14.6 Å². The highest BCUT2D eigenvalue weighted by Gasteiger charge is 2.29. The van der Waals surface area contributed by atoms with Crippen molar-refractivity contribution in [3.05, 3.63) is 0 Å². The summed E-state index contributed by atoms with van der Waals surface area (Å²) in [4.78, 5) is 56.6. The molecule has 0 fully saturated rings. The lowest BCUT2D eigenvalue weighted by Crippen LogP contribution is -2.44. The van der Waals surface area contributed by atoms with E-state index in [1.165, 1.54) is 0 Å². The van der Waals surface area contributed by atoms with Gasteiger partial charge in [-0.2, -0.15) is 0 Å². The van der Waals surface area contributed by atoms with Crippen molar-refractivity contribution in [1.82, 2.24) is 9.80 Å². The number of hydrogen-bond donors (Lipinski definition) is 1. The minimum Gasteiger partial charge on any atom is -0.480 e. The maximum atomic E-state index is 11.4. The van der Waals surface area contributed by atoms with Crippen LogP contribution in [0.1, 0.15) is 22.0 Å². The van der Waals surface area contributed by atoms with Crippen LogP contribution < -0.4 is 0 Å². The van der Waals surface area contributed by atoms with E-state index in [2.05, 4.69) is 9.47 Å². The number of aliphatic carboxylic acids is 1. The minimum atomic E-state index is -1.62. The summed E-state index contributed by atoms with van der Waals surface area (Å²) in [7, 11) is 1.97. The first-order valence-electron chi connectivity index (χ1n) is 7.13. The van der Waals surface area contributed by atoms with Gasteiger partial charge >= 0.3 is 18.2 Å². The Kier molecular flexibility index (Phi) is 7.25. The molecule has 0 bridgehead atoms. The highest BCUT2D eigenvalue weighted by molar-refractivity contribution is 5.88. The van der Waals surface area contributed by atoms with Crippen LogP contribution in [0.5, 0.6) is 0 Å².